The third-order valence-electron chi connectivity index (χ3n) is 4.15. The number of carboxylic acids is 1. The molecule has 0 radical (unpaired) electrons. The Labute approximate surface area is 187 Å². The molecule has 0 bridgehead atoms. The number of nitrogens with one attached hydrogen (secondary N) is 1. The number of halogens is 2. The molecule has 1 atom stereocenters. The van der Waals surface area contributed by atoms with E-state index in [-0.39, 0.29) is 23.8 Å². The second-order valence-electron chi connectivity index (χ2n) is 6.29. The van der Waals surface area contributed by atoms with Crippen molar-refractivity contribution in [1.82, 2.24) is 0 Å². The van der Waals surface area contributed by atoms with Crippen molar-refractivity contribution in [1.29, 1.82) is 0 Å². The Kier molecular flexibility index (Phi) is 7.02. The van der Waals surface area contributed by atoms with Gasteiger partial charge < -0.3 is 10.4 Å². The van der Waals surface area contributed by atoms with E-state index in [1.165, 1.54) is 24.3 Å². The maximum absolute atomic E-state index is 12.9. The molecule has 156 valence electrons. The van der Waals surface area contributed by atoms with Crippen molar-refractivity contribution < 1.29 is 19.5 Å². The largest absolute Gasteiger partial charge is 0.478 e. The molecule has 0 saturated carbocycles. The summed E-state index contributed by atoms with van der Waals surface area (Å²) in [7, 11) is 0. The number of carbonyl (C=O) groups is 3. The zero-order valence-corrected chi connectivity index (χ0v) is 18.1. The van der Waals surface area contributed by atoms with Gasteiger partial charge in [-0.25, -0.2) is 9.69 Å². The number of hydrogen-bond donors (Lipinski definition) is 2. The van der Waals surface area contributed by atoms with Gasteiger partial charge in [-0.2, -0.15) is 0 Å². The fourth-order valence-electron chi connectivity index (χ4n) is 2.85. The van der Waals surface area contributed by atoms with Crippen molar-refractivity contribution >= 4 is 69.3 Å². The van der Waals surface area contributed by atoms with Crippen LogP contribution >= 0.6 is 35.0 Å². The molecule has 0 spiro atoms. The summed E-state index contributed by atoms with van der Waals surface area (Å²) >= 11 is 13.2. The van der Waals surface area contributed by atoms with Crippen LogP contribution in [0.4, 0.5) is 11.4 Å². The monoisotopic (exact) mass is 465 g/mol. The maximum Gasteiger partial charge on any atom is 0.335 e. The van der Waals surface area contributed by atoms with Crippen LogP contribution in [0.3, 0.4) is 0 Å². The van der Waals surface area contributed by atoms with Crippen LogP contribution in [0.25, 0.3) is 0 Å². The van der Waals surface area contributed by atoms with E-state index < -0.39 is 11.2 Å². The molecule has 2 aromatic carbocycles. The van der Waals surface area contributed by atoms with E-state index in [9.17, 15) is 14.4 Å². The number of anilines is 2. The van der Waals surface area contributed by atoms with Crippen LogP contribution in [-0.2, 0) is 9.59 Å². The zero-order chi connectivity index (χ0) is 21.8. The molecule has 1 aliphatic rings. The van der Waals surface area contributed by atoms with E-state index in [2.05, 4.69) is 10.3 Å². The van der Waals surface area contributed by atoms with Crippen LogP contribution in [0.5, 0.6) is 0 Å². The fourth-order valence-corrected chi connectivity index (χ4v) is 4.46. The first-order valence-corrected chi connectivity index (χ1v) is 10.6. The van der Waals surface area contributed by atoms with Crippen LogP contribution in [0.1, 0.15) is 23.7 Å². The average molecular weight is 466 g/mol. The molecule has 2 N–H and O–H groups in total. The number of aromatic carboxylic acids is 1. The number of carboxylic acid groups (broad SMARTS) is 1. The molecule has 7 nitrogen and oxygen atoms in total. The Morgan fingerprint density at radius 3 is 2.40 bits per heavy atom. The van der Waals surface area contributed by atoms with Gasteiger partial charge in [0.1, 0.15) is 5.25 Å². The van der Waals surface area contributed by atoms with E-state index in [0.29, 0.717) is 33.1 Å². The molecule has 0 aliphatic carbocycles. The minimum atomic E-state index is -1.08. The number of carbonyl (C=O) groups excluding carboxylic acids is 2. The lowest BCUT2D eigenvalue weighted by molar-refractivity contribution is -0.121. The molecule has 1 heterocycles. The van der Waals surface area contributed by atoms with Crippen LogP contribution < -0.4 is 10.2 Å². The van der Waals surface area contributed by atoms with Gasteiger partial charge in [-0.15, -0.1) is 0 Å². The van der Waals surface area contributed by atoms with Crippen LogP contribution in [-0.4, -0.2) is 39.9 Å². The van der Waals surface area contributed by atoms with Crippen molar-refractivity contribution in [2.75, 3.05) is 16.8 Å². The average Bonchev–Trinajstić information content (AvgIpc) is 2.94. The highest BCUT2D eigenvalue weighted by Crippen LogP contribution is 2.31. The summed E-state index contributed by atoms with van der Waals surface area (Å²) < 4.78 is 0. The zero-order valence-electron chi connectivity index (χ0n) is 15.8. The highest BCUT2D eigenvalue weighted by atomic mass is 35.5. The molecular formula is C20H17Cl2N3O4S. The minimum absolute atomic E-state index is 0.00486. The highest BCUT2D eigenvalue weighted by Gasteiger charge is 2.40. The summed E-state index contributed by atoms with van der Waals surface area (Å²) in [6, 6.07) is 10.6. The normalized spacial score (nSPS) is 16.8. The lowest BCUT2D eigenvalue weighted by Gasteiger charge is -2.16. The van der Waals surface area contributed by atoms with E-state index >= 15 is 0 Å². The summed E-state index contributed by atoms with van der Waals surface area (Å²) in [6.45, 7) is 2.32. The molecule has 0 aromatic heterocycles. The first kappa shape index (κ1) is 22.1. The SMILES string of the molecule is CCN=C(Nc1cc(Cl)cc(Cl)c1)S[C@@H]1CC(=O)N(c2ccc(C(=O)O)cc2)C1=O. The van der Waals surface area contributed by atoms with Gasteiger partial charge in [0.25, 0.3) is 0 Å². The van der Waals surface area contributed by atoms with Crippen molar-refractivity contribution in [3.8, 4) is 0 Å². The van der Waals surface area contributed by atoms with Crippen LogP contribution in [0, 0.1) is 0 Å². The van der Waals surface area contributed by atoms with Gasteiger partial charge in [-0.1, -0.05) is 35.0 Å². The maximum atomic E-state index is 12.9. The first-order chi connectivity index (χ1) is 14.3. The van der Waals surface area contributed by atoms with Crippen molar-refractivity contribution in [2.24, 2.45) is 4.99 Å². The number of nitrogens with zero attached hydrogens (tertiary/aromatic N) is 2. The van der Waals surface area contributed by atoms with Crippen molar-refractivity contribution in [3.05, 3.63) is 58.1 Å². The van der Waals surface area contributed by atoms with Gasteiger partial charge in [0.05, 0.1) is 11.3 Å². The van der Waals surface area contributed by atoms with E-state index in [1.54, 1.807) is 18.2 Å². The summed E-state index contributed by atoms with van der Waals surface area (Å²) in [6.07, 6.45) is 0.00486. The van der Waals surface area contributed by atoms with Gasteiger partial charge in [-0.05, 0) is 49.4 Å². The van der Waals surface area contributed by atoms with Crippen molar-refractivity contribution in [2.45, 2.75) is 18.6 Å². The molecule has 2 aromatic rings. The molecular weight excluding hydrogens is 449 g/mol. The number of imide groups is 1. The number of amidine groups is 1. The molecule has 10 heteroatoms. The lowest BCUT2D eigenvalue weighted by atomic mass is 10.2. The van der Waals surface area contributed by atoms with Gasteiger partial charge >= 0.3 is 5.97 Å². The lowest BCUT2D eigenvalue weighted by Crippen LogP contribution is -2.31. The molecule has 1 fully saturated rings. The molecule has 1 aliphatic heterocycles. The minimum Gasteiger partial charge on any atom is -0.478 e. The smallest absolute Gasteiger partial charge is 0.335 e. The number of rotatable bonds is 5. The third-order valence-corrected chi connectivity index (χ3v) is 5.69. The van der Waals surface area contributed by atoms with Gasteiger partial charge in [0.15, 0.2) is 5.17 Å². The topological polar surface area (TPSA) is 99.1 Å². The summed E-state index contributed by atoms with van der Waals surface area (Å²) in [4.78, 5) is 41.8. The number of benzene rings is 2. The molecule has 2 amide bonds. The van der Waals surface area contributed by atoms with Crippen molar-refractivity contribution in [3.63, 3.8) is 0 Å². The Balaban J connectivity index is 1.76. The Morgan fingerprint density at radius 2 is 1.83 bits per heavy atom. The highest BCUT2D eigenvalue weighted by molar-refractivity contribution is 8.15. The van der Waals surface area contributed by atoms with E-state index in [1.807, 2.05) is 6.92 Å². The Bertz CT molecular complexity index is 1010. The summed E-state index contributed by atoms with van der Waals surface area (Å²) in [5, 5.41) is 12.8. The molecule has 3 rings (SSSR count). The third kappa shape index (κ3) is 5.13. The predicted molar refractivity (Wildman–Crippen MR) is 120 cm³/mol. The van der Waals surface area contributed by atoms with Gasteiger partial charge in [0.2, 0.25) is 11.8 Å². The summed E-state index contributed by atoms with van der Waals surface area (Å²) in [5.41, 5.74) is 1.03. The van der Waals surface area contributed by atoms with E-state index in [4.69, 9.17) is 28.3 Å². The number of amides is 2. The Hall–Kier alpha value is -2.55. The van der Waals surface area contributed by atoms with E-state index in [0.717, 1.165) is 16.7 Å². The van der Waals surface area contributed by atoms with Crippen LogP contribution in [0.15, 0.2) is 47.5 Å². The standard InChI is InChI=1S/C20H17Cl2N3O4S/c1-2-23-20(24-14-8-12(21)7-13(22)9-14)30-16-10-17(26)25(18(16)27)15-5-3-11(4-6-15)19(28)29/h3-9,16H,2,10H2,1H3,(H,23,24)(H,28,29)/t16-/m1/s1. The second kappa shape index (κ2) is 9.51. The van der Waals surface area contributed by atoms with Gasteiger partial charge in [-0.3, -0.25) is 14.6 Å². The molecule has 0 unspecified atom stereocenters. The number of thioether (sulfide) groups is 1. The van der Waals surface area contributed by atoms with Crippen LogP contribution in [0.2, 0.25) is 10.0 Å². The molecule has 1 saturated heterocycles. The Morgan fingerprint density at radius 1 is 1.20 bits per heavy atom. The quantitative estimate of drug-likeness (QED) is 0.381. The fraction of sp³-hybridized carbons (Fsp3) is 0.200. The number of aliphatic imine (C=N–C) groups is 1. The van der Waals surface area contributed by atoms with Gasteiger partial charge in [0, 0.05) is 28.7 Å². The summed E-state index contributed by atoms with van der Waals surface area (Å²) in [5.74, 6) is -1.83. The molecule has 30 heavy (non-hydrogen) atoms. The number of hydrogen-bond acceptors (Lipinski definition) is 5. The first-order valence-electron chi connectivity index (χ1n) is 8.93. The second-order valence-corrected chi connectivity index (χ2v) is 8.36. The predicted octanol–water partition coefficient (Wildman–Crippen LogP) is 4.54.